The Morgan fingerprint density at radius 2 is 1.62 bits per heavy atom. The average Bonchev–Trinajstić information content (AvgIpc) is 3.03. The lowest BCUT2D eigenvalue weighted by atomic mass is 10.0. The molecule has 3 aromatic rings. The van der Waals surface area contributed by atoms with Gasteiger partial charge in [-0.25, -0.2) is 9.29 Å². The Bertz CT molecular complexity index is 1220. The highest BCUT2D eigenvalue weighted by molar-refractivity contribution is 6.46. The lowest BCUT2D eigenvalue weighted by Gasteiger charge is -2.16. The standard InChI is InChI=1S/C25H22FN3O3/c1-28(2)18-13-11-17(12-14-18)27-23-22(20-9-4-5-10-21(20)32-3)24(30)29(25(23)31)19-8-6-7-16(26)15-19/h4-15,27H,1-3H3. The minimum atomic E-state index is -0.571. The van der Waals surface area contributed by atoms with E-state index in [1.807, 2.05) is 43.3 Å². The van der Waals surface area contributed by atoms with Gasteiger partial charge >= 0.3 is 0 Å². The number of para-hydroxylation sites is 1. The summed E-state index contributed by atoms with van der Waals surface area (Å²) in [6, 6.07) is 19.8. The van der Waals surface area contributed by atoms with E-state index >= 15 is 0 Å². The van der Waals surface area contributed by atoms with Crippen LogP contribution >= 0.6 is 0 Å². The molecule has 2 amide bonds. The molecule has 0 radical (unpaired) electrons. The molecule has 0 fully saturated rings. The summed E-state index contributed by atoms with van der Waals surface area (Å²) in [4.78, 5) is 29.8. The summed E-state index contributed by atoms with van der Waals surface area (Å²) in [7, 11) is 5.36. The number of anilines is 3. The van der Waals surface area contributed by atoms with Crippen LogP contribution < -0.4 is 19.9 Å². The van der Waals surface area contributed by atoms with Crippen LogP contribution in [0.5, 0.6) is 5.75 Å². The van der Waals surface area contributed by atoms with E-state index in [0.29, 0.717) is 17.0 Å². The van der Waals surface area contributed by atoms with Crippen molar-refractivity contribution in [2.45, 2.75) is 0 Å². The van der Waals surface area contributed by atoms with Gasteiger partial charge in [-0.05, 0) is 48.5 Å². The van der Waals surface area contributed by atoms with E-state index in [0.717, 1.165) is 16.7 Å². The number of carbonyl (C=O) groups is 2. The molecule has 1 N–H and O–H groups in total. The van der Waals surface area contributed by atoms with Gasteiger partial charge in [-0.2, -0.15) is 0 Å². The molecule has 0 saturated carbocycles. The lowest BCUT2D eigenvalue weighted by molar-refractivity contribution is -0.120. The first kappa shape index (κ1) is 21.1. The quantitative estimate of drug-likeness (QED) is 0.590. The third-order valence-electron chi connectivity index (χ3n) is 5.18. The zero-order valence-corrected chi connectivity index (χ0v) is 17.9. The van der Waals surface area contributed by atoms with Crippen molar-refractivity contribution >= 4 is 34.4 Å². The molecule has 0 unspecified atom stereocenters. The number of halogens is 1. The maximum atomic E-state index is 13.9. The number of hydrogen-bond acceptors (Lipinski definition) is 5. The summed E-state index contributed by atoms with van der Waals surface area (Å²) >= 11 is 0. The number of nitrogens with zero attached hydrogens (tertiary/aromatic N) is 2. The van der Waals surface area contributed by atoms with Gasteiger partial charge in [-0.1, -0.05) is 24.3 Å². The average molecular weight is 431 g/mol. The van der Waals surface area contributed by atoms with E-state index in [9.17, 15) is 14.0 Å². The molecule has 6 nitrogen and oxygen atoms in total. The second kappa shape index (κ2) is 8.55. The number of amides is 2. The minimum absolute atomic E-state index is 0.0985. The van der Waals surface area contributed by atoms with E-state index in [2.05, 4.69) is 5.32 Å². The molecule has 0 saturated heterocycles. The van der Waals surface area contributed by atoms with E-state index in [1.165, 1.54) is 25.3 Å². The molecule has 7 heteroatoms. The van der Waals surface area contributed by atoms with Crippen molar-refractivity contribution in [2.24, 2.45) is 0 Å². The van der Waals surface area contributed by atoms with E-state index in [-0.39, 0.29) is 17.0 Å². The van der Waals surface area contributed by atoms with Crippen molar-refractivity contribution in [2.75, 3.05) is 36.3 Å². The summed E-state index contributed by atoms with van der Waals surface area (Å²) in [6.45, 7) is 0. The second-order valence-corrected chi connectivity index (χ2v) is 7.44. The molecule has 1 aliphatic heterocycles. The van der Waals surface area contributed by atoms with Crippen LogP contribution in [0, 0.1) is 5.82 Å². The fraction of sp³-hybridized carbons (Fsp3) is 0.120. The van der Waals surface area contributed by atoms with Crippen LogP contribution in [0.15, 0.2) is 78.5 Å². The largest absolute Gasteiger partial charge is 0.496 e. The molecule has 1 aliphatic rings. The first-order valence-electron chi connectivity index (χ1n) is 9.97. The fourth-order valence-corrected chi connectivity index (χ4v) is 3.58. The van der Waals surface area contributed by atoms with Gasteiger partial charge in [0.05, 0.1) is 18.4 Å². The van der Waals surface area contributed by atoms with Crippen LogP contribution in [-0.2, 0) is 9.59 Å². The van der Waals surface area contributed by atoms with Gasteiger partial charge in [0.1, 0.15) is 17.3 Å². The Labute approximate surface area is 185 Å². The Morgan fingerprint density at radius 3 is 2.28 bits per heavy atom. The molecular formula is C25H22FN3O3. The summed E-state index contributed by atoms with van der Waals surface area (Å²) in [5.41, 5.74) is 2.52. The topological polar surface area (TPSA) is 61.9 Å². The molecule has 1 heterocycles. The van der Waals surface area contributed by atoms with Crippen LogP contribution in [0.3, 0.4) is 0 Å². The molecule has 162 valence electrons. The molecule has 0 aromatic heterocycles. The highest BCUT2D eigenvalue weighted by Gasteiger charge is 2.41. The number of methoxy groups -OCH3 is 1. The minimum Gasteiger partial charge on any atom is -0.496 e. The summed E-state index contributed by atoms with van der Waals surface area (Å²) in [6.07, 6.45) is 0. The predicted molar refractivity (Wildman–Crippen MR) is 123 cm³/mol. The Hall–Kier alpha value is -4.13. The normalized spacial score (nSPS) is 13.6. The van der Waals surface area contributed by atoms with Crippen LogP contribution in [0.2, 0.25) is 0 Å². The van der Waals surface area contributed by atoms with Crippen molar-refractivity contribution in [1.29, 1.82) is 0 Å². The van der Waals surface area contributed by atoms with Crippen molar-refractivity contribution in [1.82, 2.24) is 0 Å². The van der Waals surface area contributed by atoms with Crippen LogP contribution in [0.25, 0.3) is 5.57 Å². The highest BCUT2D eigenvalue weighted by atomic mass is 19.1. The van der Waals surface area contributed by atoms with Crippen molar-refractivity contribution < 1.29 is 18.7 Å². The predicted octanol–water partition coefficient (Wildman–Crippen LogP) is 4.30. The van der Waals surface area contributed by atoms with Gasteiger partial charge in [0, 0.05) is 31.0 Å². The van der Waals surface area contributed by atoms with Crippen LogP contribution in [-0.4, -0.2) is 33.0 Å². The monoisotopic (exact) mass is 431 g/mol. The Morgan fingerprint density at radius 1 is 0.906 bits per heavy atom. The van der Waals surface area contributed by atoms with Gasteiger partial charge in [0.15, 0.2) is 0 Å². The Balaban J connectivity index is 1.82. The SMILES string of the molecule is COc1ccccc1C1=C(Nc2ccc(N(C)C)cc2)C(=O)N(c2cccc(F)c2)C1=O. The first-order valence-corrected chi connectivity index (χ1v) is 9.97. The van der Waals surface area contributed by atoms with Crippen LogP contribution in [0.4, 0.5) is 21.5 Å². The first-order chi connectivity index (χ1) is 15.4. The lowest BCUT2D eigenvalue weighted by Crippen LogP contribution is -2.32. The number of carbonyl (C=O) groups excluding carboxylic acids is 2. The van der Waals surface area contributed by atoms with E-state index in [1.54, 1.807) is 24.3 Å². The summed E-state index contributed by atoms with van der Waals surface area (Å²) in [5.74, 6) is -1.22. The van der Waals surface area contributed by atoms with Crippen molar-refractivity contribution in [3.05, 3.63) is 89.9 Å². The van der Waals surface area contributed by atoms with E-state index < -0.39 is 17.6 Å². The molecule has 0 aliphatic carbocycles. The molecule has 0 bridgehead atoms. The van der Waals surface area contributed by atoms with Gasteiger partial charge < -0.3 is 15.0 Å². The third-order valence-corrected chi connectivity index (χ3v) is 5.18. The Kier molecular flexibility index (Phi) is 5.64. The van der Waals surface area contributed by atoms with Gasteiger partial charge in [0.25, 0.3) is 11.8 Å². The zero-order chi connectivity index (χ0) is 22.8. The van der Waals surface area contributed by atoms with E-state index in [4.69, 9.17) is 4.74 Å². The number of rotatable bonds is 6. The fourth-order valence-electron chi connectivity index (χ4n) is 3.58. The number of hydrogen-bond donors (Lipinski definition) is 1. The summed E-state index contributed by atoms with van der Waals surface area (Å²) in [5, 5.41) is 3.10. The maximum Gasteiger partial charge on any atom is 0.282 e. The van der Waals surface area contributed by atoms with Crippen molar-refractivity contribution in [3.8, 4) is 5.75 Å². The zero-order valence-electron chi connectivity index (χ0n) is 17.9. The second-order valence-electron chi connectivity index (χ2n) is 7.44. The number of imide groups is 1. The number of benzene rings is 3. The van der Waals surface area contributed by atoms with Crippen LogP contribution in [0.1, 0.15) is 5.56 Å². The van der Waals surface area contributed by atoms with Gasteiger partial charge in [-0.3, -0.25) is 9.59 Å². The molecule has 3 aromatic carbocycles. The number of nitrogens with one attached hydrogen (secondary N) is 1. The molecule has 0 atom stereocenters. The molecule has 32 heavy (non-hydrogen) atoms. The molecule has 4 rings (SSSR count). The maximum absolute atomic E-state index is 13.9. The smallest absolute Gasteiger partial charge is 0.282 e. The third kappa shape index (κ3) is 3.80. The summed E-state index contributed by atoms with van der Waals surface area (Å²) < 4.78 is 19.3. The van der Waals surface area contributed by atoms with Gasteiger partial charge in [0.2, 0.25) is 0 Å². The van der Waals surface area contributed by atoms with Gasteiger partial charge in [-0.15, -0.1) is 0 Å². The highest BCUT2D eigenvalue weighted by Crippen LogP contribution is 2.37. The van der Waals surface area contributed by atoms with Crippen molar-refractivity contribution in [3.63, 3.8) is 0 Å². The molecule has 0 spiro atoms. The number of ether oxygens (including phenoxy) is 1. The molecular weight excluding hydrogens is 409 g/mol.